The zero-order chi connectivity index (χ0) is 17.7. The monoisotopic (exact) mass is 342 g/mol. The summed E-state index contributed by atoms with van der Waals surface area (Å²) >= 11 is 0. The van der Waals surface area contributed by atoms with Crippen LogP contribution in [0.25, 0.3) is 6.08 Å². The van der Waals surface area contributed by atoms with Gasteiger partial charge in [0.2, 0.25) is 0 Å². The Morgan fingerprint density at radius 1 is 1.17 bits per heavy atom. The quantitative estimate of drug-likeness (QED) is 0.456. The van der Waals surface area contributed by atoms with Crippen LogP contribution in [-0.4, -0.2) is 76.6 Å². The maximum absolute atomic E-state index is 9.83. The van der Waals surface area contributed by atoms with Gasteiger partial charge in [0.05, 0.1) is 20.3 Å². The van der Waals surface area contributed by atoms with Gasteiger partial charge in [0.1, 0.15) is 24.4 Å². The molecule has 1 aliphatic heterocycles. The van der Waals surface area contributed by atoms with Crippen LogP contribution in [0.5, 0.6) is 11.5 Å². The van der Waals surface area contributed by atoms with Gasteiger partial charge in [-0.2, -0.15) is 0 Å². The van der Waals surface area contributed by atoms with Crippen LogP contribution in [0, 0.1) is 0 Å². The van der Waals surface area contributed by atoms with Gasteiger partial charge in [-0.1, -0.05) is 18.2 Å². The van der Waals surface area contributed by atoms with Gasteiger partial charge in [-0.15, -0.1) is 0 Å². The zero-order valence-electron chi connectivity index (χ0n) is 13.1. The summed E-state index contributed by atoms with van der Waals surface area (Å²) in [5, 5.41) is 47.8. The molecule has 24 heavy (non-hydrogen) atoms. The molecule has 8 heteroatoms. The van der Waals surface area contributed by atoms with E-state index in [9.17, 15) is 20.4 Å². The molecule has 0 aliphatic carbocycles. The van der Waals surface area contributed by atoms with Crippen molar-refractivity contribution in [1.29, 1.82) is 0 Å². The third-order valence-electron chi connectivity index (χ3n) is 3.72. The zero-order valence-corrected chi connectivity index (χ0v) is 13.1. The second-order valence-electron chi connectivity index (χ2n) is 5.36. The number of aliphatic hydroxyl groups excluding tert-OH is 4. The lowest BCUT2D eigenvalue weighted by Crippen LogP contribution is -2.59. The summed E-state index contributed by atoms with van der Waals surface area (Å²) in [5.41, 5.74) is 0.766. The van der Waals surface area contributed by atoms with Crippen LogP contribution in [0.2, 0.25) is 0 Å². The molecule has 5 atom stereocenters. The van der Waals surface area contributed by atoms with Crippen LogP contribution < -0.4 is 4.74 Å². The molecule has 1 fully saturated rings. The van der Waals surface area contributed by atoms with Crippen LogP contribution in [0.15, 0.2) is 24.3 Å². The first-order valence-electron chi connectivity index (χ1n) is 7.43. The number of phenols is 1. The minimum Gasteiger partial charge on any atom is -0.504 e. The Hall–Kier alpha value is -1.68. The minimum atomic E-state index is -1.47. The van der Waals surface area contributed by atoms with E-state index in [2.05, 4.69) is 0 Å². The third-order valence-corrected chi connectivity index (χ3v) is 3.72. The Balaban J connectivity index is 1.91. The Bertz CT molecular complexity index is 559. The number of methoxy groups -OCH3 is 1. The molecule has 0 amide bonds. The van der Waals surface area contributed by atoms with Crippen molar-refractivity contribution >= 4 is 6.08 Å². The van der Waals surface area contributed by atoms with Crippen LogP contribution in [-0.2, 0) is 9.47 Å². The van der Waals surface area contributed by atoms with Gasteiger partial charge in [0, 0.05) is 0 Å². The average molecular weight is 342 g/mol. The number of benzene rings is 1. The summed E-state index contributed by atoms with van der Waals surface area (Å²) < 4.78 is 15.5. The fourth-order valence-electron chi connectivity index (χ4n) is 2.34. The van der Waals surface area contributed by atoms with Gasteiger partial charge in [0.15, 0.2) is 17.8 Å². The van der Waals surface area contributed by atoms with Gasteiger partial charge in [-0.3, -0.25) is 0 Å². The number of aromatic hydroxyl groups is 1. The molecule has 1 aromatic rings. The molecule has 1 saturated heterocycles. The molecule has 134 valence electrons. The molecule has 0 bridgehead atoms. The number of aliphatic hydroxyl groups is 4. The van der Waals surface area contributed by atoms with Crippen LogP contribution in [0.4, 0.5) is 0 Å². The van der Waals surface area contributed by atoms with Gasteiger partial charge < -0.3 is 39.7 Å². The number of hydrogen-bond acceptors (Lipinski definition) is 8. The predicted molar refractivity (Wildman–Crippen MR) is 83.4 cm³/mol. The second kappa shape index (κ2) is 8.43. The number of phenolic OH excluding ortho intramolecular Hbond substituents is 1. The number of ether oxygens (including phenoxy) is 3. The average Bonchev–Trinajstić information content (AvgIpc) is 2.59. The van der Waals surface area contributed by atoms with E-state index < -0.39 is 37.3 Å². The Labute approximate surface area is 139 Å². The summed E-state index contributed by atoms with van der Waals surface area (Å²) in [4.78, 5) is 0. The Kier molecular flexibility index (Phi) is 6.55. The molecule has 0 saturated carbocycles. The third kappa shape index (κ3) is 4.23. The van der Waals surface area contributed by atoms with Crippen LogP contribution in [0.1, 0.15) is 5.56 Å². The SMILES string of the molecule is COc1cc(/C=C\COC2OC(CO)C(O)C(O)C2O)ccc1O. The number of hydrogen-bond donors (Lipinski definition) is 5. The molecule has 0 aromatic heterocycles. The second-order valence-corrected chi connectivity index (χ2v) is 5.36. The highest BCUT2D eigenvalue weighted by Gasteiger charge is 2.43. The topological polar surface area (TPSA) is 129 Å². The Morgan fingerprint density at radius 2 is 1.92 bits per heavy atom. The lowest BCUT2D eigenvalue weighted by atomic mass is 9.99. The molecule has 2 rings (SSSR count). The van der Waals surface area contributed by atoms with Crippen molar-refractivity contribution in [3.63, 3.8) is 0 Å². The van der Waals surface area contributed by atoms with Gasteiger partial charge in [0.25, 0.3) is 0 Å². The summed E-state index contributed by atoms with van der Waals surface area (Å²) in [7, 11) is 1.45. The first-order valence-corrected chi connectivity index (χ1v) is 7.43. The fourth-order valence-corrected chi connectivity index (χ4v) is 2.34. The van der Waals surface area contributed by atoms with Crippen molar-refractivity contribution in [3.05, 3.63) is 29.8 Å². The van der Waals surface area contributed by atoms with Crippen LogP contribution >= 0.6 is 0 Å². The molecule has 1 aromatic carbocycles. The highest BCUT2D eigenvalue weighted by Crippen LogP contribution is 2.27. The van der Waals surface area contributed by atoms with E-state index in [1.165, 1.54) is 13.2 Å². The molecule has 1 heterocycles. The van der Waals surface area contributed by atoms with Crippen LogP contribution in [0.3, 0.4) is 0 Å². The molecule has 8 nitrogen and oxygen atoms in total. The van der Waals surface area contributed by atoms with Crippen molar-refractivity contribution in [2.45, 2.75) is 30.7 Å². The van der Waals surface area contributed by atoms with Gasteiger partial charge in [-0.25, -0.2) is 0 Å². The summed E-state index contributed by atoms with van der Waals surface area (Å²) in [6.45, 7) is -0.445. The smallest absolute Gasteiger partial charge is 0.187 e. The van der Waals surface area contributed by atoms with Crippen molar-refractivity contribution < 1.29 is 39.7 Å². The minimum absolute atomic E-state index is 0.0345. The van der Waals surface area contributed by atoms with E-state index in [0.29, 0.717) is 5.75 Å². The molecular weight excluding hydrogens is 320 g/mol. The highest BCUT2D eigenvalue weighted by molar-refractivity contribution is 5.55. The lowest BCUT2D eigenvalue weighted by Gasteiger charge is -2.39. The molecule has 0 radical (unpaired) electrons. The van der Waals surface area contributed by atoms with E-state index >= 15 is 0 Å². The number of rotatable bonds is 6. The molecular formula is C16H22O8. The van der Waals surface area contributed by atoms with Crippen molar-refractivity contribution in [2.75, 3.05) is 20.3 Å². The Morgan fingerprint density at radius 3 is 2.58 bits per heavy atom. The highest BCUT2D eigenvalue weighted by atomic mass is 16.7. The van der Waals surface area contributed by atoms with Gasteiger partial charge >= 0.3 is 0 Å². The van der Waals surface area contributed by atoms with Crippen molar-refractivity contribution in [1.82, 2.24) is 0 Å². The summed E-state index contributed by atoms with van der Waals surface area (Å²) in [6, 6.07) is 4.82. The molecule has 1 aliphatic rings. The molecule has 0 spiro atoms. The maximum atomic E-state index is 9.83. The van der Waals surface area contributed by atoms with E-state index in [4.69, 9.17) is 19.3 Å². The molecule has 5 N–H and O–H groups in total. The van der Waals surface area contributed by atoms with E-state index in [1.54, 1.807) is 24.3 Å². The normalized spacial score (nSPS) is 30.6. The van der Waals surface area contributed by atoms with E-state index in [1.807, 2.05) is 0 Å². The maximum Gasteiger partial charge on any atom is 0.187 e. The van der Waals surface area contributed by atoms with Crippen molar-refractivity contribution in [2.24, 2.45) is 0 Å². The predicted octanol–water partition coefficient (Wildman–Crippen LogP) is -0.770. The largest absolute Gasteiger partial charge is 0.504 e. The summed E-state index contributed by atoms with van der Waals surface area (Å²) in [5.74, 6) is 0.374. The summed E-state index contributed by atoms with van der Waals surface area (Å²) in [6.07, 6.45) is -3.11. The lowest BCUT2D eigenvalue weighted by molar-refractivity contribution is -0.298. The first-order chi connectivity index (χ1) is 11.5. The molecule has 5 unspecified atom stereocenters. The van der Waals surface area contributed by atoms with E-state index in [0.717, 1.165) is 5.56 Å². The standard InChI is InChI=1S/C16H22O8/c1-22-11-7-9(4-5-10(11)18)3-2-6-23-16-15(21)14(20)13(19)12(8-17)24-16/h2-5,7,12-21H,6,8H2,1H3/b3-2-. The van der Waals surface area contributed by atoms with Gasteiger partial charge in [-0.05, 0) is 17.7 Å². The first kappa shape index (κ1) is 18.7. The van der Waals surface area contributed by atoms with E-state index in [-0.39, 0.29) is 12.4 Å². The fraction of sp³-hybridized carbons (Fsp3) is 0.500. The van der Waals surface area contributed by atoms with Crippen molar-refractivity contribution in [3.8, 4) is 11.5 Å².